The molecule has 3 aromatic heterocycles. The van der Waals surface area contributed by atoms with E-state index in [9.17, 15) is 34.7 Å². The van der Waals surface area contributed by atoms with Gasteiger partial charge in [-0.2, -0.15) is 10.4 Å². The molecule has 1 aliphatic carbocycles. The molecule has 0 aliphatic heterocycles. The van der Waals surface area contributed by atoms with Crippen molar-refractivity contribution in [3.05, 3.63) is 103 Å². The molecule has 6 rings (SSSR count). The van der Waals surface area contributed by atoms with Crippen LogP contribution in [0, 0.1) is 17.2 Å². The summed E-state index contributed by atoms with van der Waals surface area (Å²) in [5.74, 6) is -5.10. The quantitative estimate of drug-likeness (QED) is 0.0595. The monoisotopic (exact) mass is 794 g/mol. The van der Waals surface area contributed by atoms with Gasteiger partial charge >= 0.3 is 23.9 Å². The smallest absolute Gasteiger partial charge is 0.349 e. The normalized spacial score (nSPS) is 14.4. The number of hydrogen-bond donors (Lipinski definition) is 2. The Morgan fingerprint density at radius 2 is 1.46 bits per heavy atom. The van der Waals surface area contributed by atoms with Crippen LogP contribution < -0.4 is 0 Å². The topological polar surface area (TPSA) is 209 Å². The van der Waals surface area contributed by atoms with E-state index in [1.54, 1.807) is 18.5 Å². The number of hydrogen-bond acceptors (Lipinski definition) is 11. The fourth-order valence-electron chi connectivity index (χ4n) is 6.43. The molecule has 2 aromatic carbocycles. The van der Waals surface area contributed by atoms with Crippen molar-refractivity contribution in [2.24, 2.45) is 5.92 Å². The number of benzene rings is 2. The van der Waals surface area contributed by atoms with Crippen LogP contribution in [-0.2, 0) is 30.5 Å². The Balaban J connectivity index is 0.000000221. The molecule has 0 spiro atoms. The molecule has 3 atom stereocenters. The molecule has 1 fully saturated rings. The van der Waals surface area contributed by atoms with Crippen molar-refractivity contribution in [1.29, 1.82) is 5.26 Å². The number of esters is 2. The Morgan fingerprint density at radius 3 is 1.98 bits per heavy atom. The van der Waals surface area contributed by atoms with Crippen molar-refractivity contribution < 1.29 is 43.6 Å². The van der Waals surface area contributed by atoms with Crippen LogP contribution in [0.4, 0.5) is 0 Å². The SMILES string of the molecule is C[Si](C)(C)CCOCn1ccc2c(-c3cnn(C(CC#N)C4CCCC4)c3)ncnc21.O=C(OC(C(=O)O)C(OC(=O)c1ccccc1)C(=O)O)c1ccccc1. The number of carboxylic acid groups (broad SMARTS) is 2. The number of carbonyl (C=O) groups excluding carboxylic acids is 2. The molecular formula is C41H46N6O9Si. The molecule has 0 bridgehead atoms. The second kappa shape index (κ2) is 19.6. The lowest BCUT2D eigenvalue weighted by atomic mass is 9.96. The number of nitriles is 1. The predicted molar refractivity (Wildman–Crippen MR) is 211 cm³/mol. The van der Waals surface area contributed by atoms with Crippen LogP contribution in [0.1, 0.15) is 58.9 Å². The zero-order chi connectivity index (χ0) is 41.0. The number of fused-ring (bicyclic) bond motifs is 1. The Hall–Kier alpha value is -6.18. The predicted octanol–water partition coefficient (Wildman–Crippen LogP) is 6.86. The van der Waals surface area contributed by atoms with Crippen molar-refractivity contribution in [1.82, 2.24) is 24.3 Å². The van der Waals surface area contributed by atoms with Gasteiger partial charge in [-0.1, -0.05) is 68.9 Å². The standard InChI is InChI=1S/C23H32N6OSi.C18H14O8/c1-31(2,3)13-12-30-17-28-11-9-20-22(25-16-26-23(20)28)19-14-27-29(15-19)21(8-10-24)18-6-4-5-7-18;19-15(20)13(25-17(23)11-7-3-1-4-8-11)14(16(21)22)26-18(24)12-9-5-2-6-10-12/h9,11,14-16,18,21H,4-8,12-13,17H2,1-3H3;1-10,13-14H,(H,19,20)(H,21,22). The zero-order valence-electron chi connectivity index (χ0n) is 32.1. The third-order valence-electron chi connectivity index (χ3n) is 9.49. The second-order valence-electron chi connectivity index (χ2n) is 14.8. The highest BCUT2D eigenvalue weighted by Crippen LogP contribution is 2.37. The van der Waals surface area contributed by atoms with E-state index in [2.05, 4.69) is 40.8 Å². The van der Waals surface area contributed by atoms with Gasteiger partial charge in [-0.25, -0.2) is 29.1 Å². The van der Waals surface area contributed by atoms with Gasteiger partial charge in [0.1, 0.15) is 18.7 Å². The van der Waals surface area contributed by atoms with Crippen LogP contribution in [0.5, 0.6) is 0 Å². The summed E-state index contributed by atoms with van der Waals surface area (Å²) in [6, 6.07) is 20.5. The summed E-state index contributed by atoms with van der Waals surface area (Å²) in [4.78, 5) is 55.9. The number of carbonyl (C=O) groups is 4. The Labute approximate surface area is 330 Å². The van der Waals surface area contributed by atoms with E-state index in [-0.39, 0.29) is 17.2 Å². The van der Waals surface area contributed by atoms with Gasteiger partial charge in [-0.15, -0.1) is 0 Å². The van der Waals surface area contributed by atoms with Gasteiger partial charge in [0, 0.05) is 38.0 Å². The molecule has 3 unspecified atom stereocenters. The van der Waals surface area contributed by atoms with Crippen molar-refractivity contribution in [2.75, 3.05) is 6.61 Å². The van der Waals surface area contributed by atoms with Crippen LogP contribution in [-0.4, -0.2) is 85.3 Å². The first-order chi connectivity index (χ1) is 27.4. The van der Waals surface area contributed by atoms with Crippen molar-refractivity contribution in [2.45, 2.75) is 82.8 Å². The summed E-state index contributed by atoms with van der Waals surface area (Å²) in [7, 11) is -1.10. The molecule has 2 N–H and O–H groups in total. The van der Waals surface area contributed by atoms with Gasteiger partial charge in [0.25, 0.3) is 0 Å². The molecular weight excluding hydrogens is 749 g/mol. The third kappa shape index (κ3) is 11.4. The number of aliphatic carboxylic acids is 2. The summed E-state index contributed by atoms with van der Waals surface area (Å²) in [6.45, 7) is 8.34. The van der Waals surface area contributed by atoms with E-state index in [4.69, 9.17) is 14.2 Å². The summed E-state index contributed by atoms with van der Waals surface area (Å²) < 4.78 is 19.5. The molecule has 15 nitrogen and oxygen atoms in total. The van der Waals surface area contributed by atoms with Crippen LogP contribution >= 0.6 is 0 Å². The Morgan fingerprint density at radius 1 is 0.877 bits per heavy atom. The van der Waals surface area contributed by atoms with E-state index in [1.165, 1.54) is 74.2 Å². The number of carboxylic acids is 2. The highest BCUT2D eigenvalue weighted by atomic mass is 28.3. The minimum absolute atomic E-state index is 0.0253. The van der Waals surface area contributed by atoms with Gasteiger partial charge in [-0.05, 0) is 55.1 Å². The van der Waals surface area contributed by atoms with Gasteiger partial charge in [0.15, 0.2) is 0 Å². The third-order valence-corrected chi connectivity index (χ3v) is 11.2. The van der Waals surface area contributed by atoms with E-state index in [0.29, 0.717) is 19.1 Å². The van der Waals surface area contributed by atoms with E-state index >= 15 is 0 Å². The van der Waals surface area contributed by atoms with E-state index in [1.807, 2.05) is 33.9 Å². The van der Waals surface area contributed by atoms with Crippen LogP contribution in [0.25, 0.3) is 22.3 Å². The molecule has 1 saturated carbocycles. The first kappa shape index (κ1) is 42.0. The van der Waals surface area contributed by atoms with E-state index < -0.39 is 44.2 Å². The fourth-order valence-corrected chi connectivity index (χ4v) is 7.19. The number of rotatable bonds is 16. The Bertz CT molecular complexity index is 2100. The average Bonchev–Trinajstić information content (AvgIpc) is 4.00. The minimum Gasteiger partial charge on any atom is -0.478 e. The van der Waals surface area contributed by atoms with Crippen LogP contribution in [0.2, 0.25) is 25.7 Å². The van der Waals surface area contributed by atoms with Gasteiger partial charge in [-0.3, -0.25) is 4.68 Å². The van der Waals surface area contributed by atoms with Crippen molar-refractivity contribution in [3.63, 3.8) is 0 Å². The zero-order valence-corrected chi connectivity index (χ0v) is 33.1. The van der Waals surface area contributed by atoms with Crippen molar-refractivity contribution >= 4 is 43.0 Å². The minimum atomic E-state index is -2.21. The maximum atomic E-state index is 12.0. The summed E-state index contributed by atoms with van der Waals surface area (Å²) >= 11 is 0. The highest BCUT2D eigenvalue weighted by molar-refractivity contribution is 6.76. The van der Waals surface area contributed by atoms with Gasteiger partial charge in [0.2, 0.25) is 12.2 Å². The molecule has 16 heteroatoms. The molecule has 5 aromatic rings. The molecule has 0 amide bonds. The fraction of sp³-hybridized carbons (Fsp3) is 0.366. The molecule has 1 aliphatic rings. The largest absolute Gasteiger partial charge is 0.478 e. The number of ether oxygens (including phenoxy) is 3. The molecule has 0 radical (unpaired) electrons. The number of nitrogens with zero attached hydrogens (tertiary/aromatic N) is 6. The Kier molecular flexibility index (Phi) is 14.4. The highest BCUT2D eigenvalue weighted by Gasteiger charge is 2.41. The lowest BCUT2D eigenvalue weighted by molar-refractivity contribution is -0.166. The summed E-state index contributed by atoms with van der Waals surface area (Å²) in [6.07, 6.45) is 8.46. The van der Waals surface area contributed by atoms with Crippen molar-refractivity contribution in [3.8, 4) is 17.3 Å². The average molecular weight is 795 g/mol. The van der Waals surface area contributed by atoms with Gasteiger partial charge in [0.05, 0.1) is 41.5 Å². The second-order valence-corrected chi connectivity index (χ2v) is 20.5. The molecule has 3 heterocycles. The first-order valence-corrected chi connectivity index (χ1v) is 22.3. The number of aromatic nitrogens is 5. The first-order valence-electron chi connectivity index (χ1n) is 18.6. The lowest BCUT2D eigenvalue weighted by Gasteiger charge is -2.21. The molecule has 298 valence electrons. The molecule has 57 heavy (non-hydrogen) atoms. The maximum Gasteiger partial charge on any atom is 0.349 e. The van der Waals surface area contributed by atoms with Crippen LogP contribution in [0.3, 0.4) is 0 Å². The summed E-state index contributed by atoms with van der Waals surface area (Å²) in [5, 5.41) is 33.4. The molecule has 0 saturated heterocycles. The maximum absolute atomic E-state index is 12.0. The lowest BCUT2D eigenvalue weighted by Crippen LogP contribution is -2.45. The van der Waals surface area contributed by atoms with E-state index in [0.717, 1.165) is 34.9 Å². The van der Waals surface area contributed by atoms with Gasteiger partial charge < -0.3 is 29.0 Å². The van der Waals surface area contributed by atoms with Crippen LogP contribution in [0.15, 0.2) is 91.6 Å². The summed E-state index contributed by atoms with van der Waals surface area (Å²) in [5.41, 5.74) is 2.76.